The van der Waals surface area contributed by atoms with E-state index in [0.717, 1.165) is 12.8 Å². The number of hydrogen-bond donors (Lipinski definition) is 0. The van der Waals surface area contributed by atoms with Gasteiger partial charge in [0.25, 0.3) is 0 Å². The first kappa shape index (κ1) is 11.0. The Balaban J connectivity index is 2.64. The van der Waals surface area contributed by atoms with Gasteiger partial charge in [0.2, 0.25) is 0 Å². The summed E-state index contributed by atoms with van der Waals surface area (Å²) >= 11 is 0. The van der Waals surface area contributed by atoms with E-state index in [1.165, 1.54) is 22.3 Å². The van der Waals surface area contributed by atoms with E-state index in [4.69, 9.17) is 0 Å². The molecule has 1 rings (SSSR count). The van der Waals surface area contributed by atoms with E-state index in [1.54, 1.807) is 0 Å². The minimum absolute atomic E-state index is 1.16. The Bertz CT molecular complexity index is 328. The lowest BCUT2D eigenvalue weighted by molar-refractivity contribution is 0.974. The maximum Gasteiger partial charge on any atom is -0.0241 e. The fourth-order valence-electron chi connectivity index (χ4n) is 1.64. The molecule has 0 aromatic heterocycles. The van der Waals surface area contributed by atoms with Crippen LogP contribution in [0.3, 0.4) is 0 Å². The second kappa shape index (κ2) is 4.99. The van der Waals surface area contributed by atoms with Crippen molar-refractivity contribution in [2.45, 2.75) is 40.5 Å². The highest BCUT2D eigenvalue weighted by molar-refractivity contribution is 5.30. The first-order valence-electron chi connectivity index (χ1n) is 5.29. The molecule has 0 amide bonds. The Morgan fingerprint density at radius 1 is 1.21 bits per heavy atom. The molecule has 0 aliphatic rings. The second-order valence-corrected chi connectivity index (χ2v) is 4.25. The Kier molecular flexibility index (Phi) is 3.94. The topological polar surface area (TPSA) is 0 Å². The van der Waals surface area contributed by atoms with Crippen LogP contribution in [0.5, 0.6) is 0 Å². The van der Waals surface area contributed by atoms with Crippen LogP contribution in [0, 0.1) is 13.8 Å². The third-order valence-electron chi connectivity index (χ3n) is 2.46. The van der Waals surface area contributed by atoms with Crippen molar-refractivity contribution in [2.24, 2.45) is 0 Å². The molecule has 1 aromatic carbocycles. The first-order chi connectivity index (χ1) is 6.59. The number of benzene rings is 1. The van der Waals surface area contributed by atoms with Gasteiger partial charge in [0.05, 0.1) is 0 Å². The van der Waals surface area contributed by atoms with Crippen molar-refractivity contribution in [1.29, 1.82) is 0 Å². The van der Waals surface area contributed by atoms with E-state index in [1.807, 2.05) is 0 Å². The van der Waals surface area contributed by atoms with Crippen molar-refractivity contribution in [3.8, 4) is 0 Å². The maximum absolute atomic E-state index is 2.30. The zero-order chi connectivity index (χ0) is 10.6. The number of rotatable bonds is 3. The first-order valence-corrected chi connectivity index (χ1v) is 5.29. The molecule has 0 saturated heterocycles. The molecule has 0 unspecified atom stereocenters. The smallest absolute Gasteiger partial charge is 0.0241 e. The molecule has 0 aliphatic carbocycles. The fourth-order valence-corrected chi connectivity index (χ4v) is 1.64. The quantitative estimate of drug-likeness (QED) is 0.623. The van der Waals surface area contributed by atoms with Crippen molar-refractivity contribution >= 4 is 0 Å². The highest BCUT2D eigenvalue weighted by atomic mass is 14.0. The summed E-state index contributed by atoms with van der Waals surface area (Å²) < 4.78 is 0. The number of aryl methyl sites for hydroxylation is 3. The molecule has 0 fully saturated rings. The van der Waals surface area contributed by atoms with Gasteiger partial charge in [-0.2, -0.15) is 0 Å². The van der Waals surface area contributed by atoms with Gasteiger partial charge < -0.3 is 0 Å². The van der Waals surface area contributed by atoms with Gasteiger partial charge in [-0.15, -0.1) is 0 Å². The molecule has 1 aromatic rings. The predicted octanol–water partition coefficient (Wildman–Crippen LogP) is 4.20. The van der Waals surface area contributed by atoms with Crippen LogP contribution >= 0.6 is 0 Å². The third kappa shape index (κ3) is 3.37. The molecular formula is C14H20. The van der Waals surface area contributed by atoms with E-state index in [2.05, 4.69) is 52.0 Å². The van der Waals surface area contributed by atoms with E-state index in [-0.39, 0.29) is 0 Å². The van der Waals surface area contributed by atoms with Crippen molar-refractivity contribution in [2.75, 3.05) is 0 Å². The molecule has 76 valence electrons. The number of hydrogen-bond acceptors (Lipinski definition) is 0. The summed E-state index contributed by atoms with van der Waals surface area (Å²) in [5.41, 5.74) is 5.67. The standard InChI is InChI=1S/C14H20/c1-11(2)6-5-7-14-9-8-12(3)10-13(14)4/h6,8-10H,5,7H2,1-4H3. The molecule has 0 bridgehead atoms. The Morgan fingerprint density at radius 3 is 2.50 bits per heavy atom. The van der Waals surface area contributed by atoms with Crippen LogP contribution < -0.4 is 0 Å². The monoisotopic (exact) mass is 188 g/mol. The lowest BCUT2D eigenvalue weighted by Gasteiger charge is -2.05. The Hall–Kier alpha value is -1.04. The molecule has 0 heterocycles. The average Bonchev–Trinajstić information content (AvgIpc) is 2.08. The molecule has 0 radical (unpaired) electrons. The second-order valence-electron chi connectivity index (χ2n) is 4.25. The minimum Gasteiger partial charge on any atom is -0.0856 e. The summed E-state index contributed by atoms with van der Waals surface area (Å²) in [4.78, 5) is 0. The molecule has 0 aliphatic heterocycles. The van der Waals surface area contributed by atoms with E-state index in [9.17, 15) is 0 Å². The predicted molar refractivity (Wildman–Crippen MR) is 63.7 cm³/mol. The van der Waals surface area contributed by atoms with Crippen LogP contribution in [0.2, 0.25) is 0 Å². The average molecular weight is 188 g/mol. The lowest BCUT2D eigenvalue weighted by atomic mass is 10.0. The maximum atomic E-state index is 2.30. The lowest BCUT2D eigenvalue weighted by Crippen LogP contribution is -1.89. The normalized spacial score (nSPS) is 10.0. The largest absolute Gasteiger partial charge is 0.0856 e. The SMILES string of the molecule is CC(C)=CCCc1ccc(C)cc1C. The van der Waals surface area contributed by atoms with E-state index < -0.39 is 0 Å². The van der Waals surface area contributed by atoms with E-state index >= 15 is 0 Å². The van der Waals surface area contributed by atoms with Crippen molar-refractivity contribution in [1.82, 2.24) is 0 Å². The molecule has 0 spiro atoms. The van der Waals surface area contributed by atoms with Crippen LogP contribution in [0.1, 0.15) is 37.0 Å². The third-order valence-corrected chi connectivity index (χ3v) is 2.46. The van der Waals surface area contributed by atoms with Gasteiger partial charge in [-0.1, -0.05) is 35.4 Å². The molecule has 0 heteroatoms. The molecule has 14 heavy (non-hydrogen) atoms. The van der Waals surface area contributed by atoms with Gasteiger partial charge in [-0.25, -0.2) is 0 Å². The van der Waals surface area contributed by atoms with Gasteiger partial charge in [0.15, 0.2) is 0 Å². The summed E-state index contributed by atoms with van der Waals surface area (Å²) in [6, 6.07) is 6.71. The van der Waals surface area contributed by atoms with Crippen LogP contribution in [0.25, 0.3) is 0 Å². The molecule has 0 atom stereocenters. The summed E-state index contributed by atoms with van der Waals surface area (Å²) in [5.74, 6) is 0. The fraction of sp³-hybridized carbons (Fsp3) is 0.429. The highest BCUT2D eigenvalue weighted by Crippen LogP contribution is 2.13. The van der Waals surface area contributed by atoms with E-state index in [0.29, 0.717) is 0 Å². The molecule has 0 N–H and O–H groups in total. The summed E-state index contributed by atoms with van der Waals surface area (Å²) in [5, 5.41) is 0. The molecule has 0 saturated carbocycles. The van der Waals surface area contributed by atoms with Crippen molar-refractivity contribution < 1.29 is 0 Å². The zero-order valence-electron chi connectivity index (χ0n) is 9.72. The van der Waals surface area contributed by atoms with Gasteiger partial charge in [0, 0.05) is 0 Å². The van der Waals surface area contributed by atoms with Gasteiger partial charge in [-0.05, 0) is 51.7 Å². The van der Waals surface area contributed by atoms with Crippen LogP contribution in [0.4, 0.5) is 0 Å². The van der Waals surface area contributed by atoms with Crippen molar-refractivity contribution in [3.63, 3.8) is 0 Å². The Labute approximate surface area is 87.7 Å². The molecular weight excluding hydrogens is 168 g/mol. The van der Waals surface area contributed by atoms with Gasteiger partial charge >= 0.3 is 0 Å². The van der Waals surface area contributed by atoms with Gasteiger partial charge in [0.1, 0.15) is 0 Å². The van der Waals surface area contributed by atoms with Crippen LogP contribution in [-0.4, -0.2) is 0 Å². The summed E-state index contributed by atoms with van der Waals surface area (Å²) in [6.45, 7) is 8.65. The minimum atomic E-state index is 1.16. The highest BCUT2D eigenvalue weighted by Gasteiger charge is 1.96. The summed E-state index contributed by atoms with van der Waals surface area (Å²) in [6.07, 6.45) is 4.63. The van der Waals surface area contributed by atoms with Crippen molar-refractivity contribution in [3.05, 3.63) is 46.5 Å². The summed E-state index contributed by atoms with van der Waals surface area (Å²) in [7, 11) is 0. The molecule has 0 nitrogen and oxygen atoms in total. The Morgan fingerprint density at radius 2 is 1.93 bits per heavy atom. The van der Waals surface area contributed by atoms with Crippen LogP contribution in [0.15, 0.2) is 29.8 Å². The number of allylic oxidation sites excluding steroid dienone is 2. The van der Waals surface area contributed by atoms with Crippen LogP contribution in [-0.2, 0) is 6.42 Å². The van der Waals surface area contributed by atoms with Gasteiger partial charge in [-0.3, -0.25) is 0 Å². The zero-order valence-corrected chi connectivity index (χ0v) is 9.72.